The van der Waals surface area contributed by atoms with E-state index in [-0.39, 0.29) is 23.3 Å². The molecular weight excluding hydrogens is 368 g/mol. The molecule has 3 N–H and O–H groups in total. The van der Waals surface area contributed by atoms with Crippen LogP contribution in [0.15, 0.2) is 59.5 Å². The van der Waals surface area contributed by atoms with Crippen LogP contribution in [0.5, 0.6) is 0 Å². The molecule has 0 saturated heterocycles. The lowest BCUT2D eigenvalue weighted by Gasteiger charge is -2.15. The number of primary amides is 1. The van der Waals surface area contributed by atoms with E-state index in [0.717, 1.165) is 0 Å². The van der Waals surface area contributed by atoms with E-state index >= 15 is 0 Å². The predicted molar refractivity (Wildman–Crippen MR) is 101 cm³/mol. The molecule has 2 atom stereocenters. The summed E-state index contributed by atoms with van der Waals surface area (Å²) in [6.45, 7) is 0. The minimum Gasteiger partial charge on any atom is -0.465 e. The molecule has 0 bridgehead atoms. The van der Waals surface area contributed by atoms with Crippen LogP contribution in [-0.2, 0) is 20.3 Å². The van der Waals surface area contributed by atoms with Crippen molar-refractivity contribution in [2.24, 2.45) is 5.73 Å². The molecule has 2 aromatic rings. The SMILES string of the molecule is COC(=O)c1cccc(C(=O)N[C@@H](CC[S@@](=O)c2ccccc2)C(N)=O)c1. The molecule has 8 heteroatoms. The Morgan fingerprint density at radius 2 is 1.74 bits per heavy atom. The zero-order chi connectivity index (χ0) is 19.8. The van der Waals surface area contributed by atoms with Gasteiger partial charge in [-0.25, -0.2) is 4.79 Å². The van der Waals surface area contributed by atoms with Gasteiger partial charge in [0.05, 0.1) is 23.5 Å². The van der Waals surface area contributed by atoms with Crippen LogP contribution in [-0.4, -0.2) is 40.9 Å². The van der Waals surface area contributed by atoms with Gasteiger partial charge in [-0.3, -0.25) is 13.8 Å². The first-order valence-corrected chi connectivity index (χ1v) is 9.46. The van der Waals surface area contributed by atoms with E-state index in [1.165, 1.54) is 31.4 Å². The number of methoxy groups -OCH3 is 1. The zero-order valence-corrected chi connectivity index (χ0v) is 15.5. The average Bonchev–Trinajstić information content (AvgIpc) is 2.70. The lowest BCUT2D eigenvalue weighted by atomic mass is 10.1. The lowest BCUT2D eigenvalue weighted by Crippen LogP contribution is -2.45. The van der Waals surface area contributed by atoms with E-state index in [2.05, 4.69) is 10.1 Å². The maximum absolute atomic E-state index is 12.4. The van der Waals surface area contributed by atoms with Crippen LogP contribution < -0.4 is 11.1 Å². The van der Waals surface area contributed by atoms with E-state index in [4.69, 9.17) is 5.73 Å². The second-order valence-electron chi connectivity index (χ2n) is 5.65. The second-order valence-corrected chi connectivity index (χ2v) is 7.22. The van der Waals surface area contributed by atoms with Crippen molar-refractivity contribution >= 4 is 28.6 Å². The molecule has 0 fully saturated rings. The Labute approximate surface area is 159 Å². The van der Waals surface area contributed by atoms with Gasteiger partial charge in [0.2, 0.25) is 5.91 Å². The molecule has 0 heterocycles. The number of hydrogen-bond donors (Lipinski definition) is 2. The number of ether oxygens (including phenoxy) is 1. The van der Waals surface area contributed by atoms with E-state index in [0.29, 0.717) is 4.90 Å². The fourth-order valence-electron chi connectivity index (χ4n) is 2.35. The number of benzene rings is 2. The highest BCUT2D eigenvalue weighted by Crippen LogP contribution is 2.10. The molecule has 0 radical (unpaired) electrons. The second kappa shape index (κ2) is 9.63. The molecule has 2 aromatic carbocycles. The molecule has 0 aliphatic rings. The van der Waals surface area contributed by atoms with Crippen molar-refractivity contribution in [1.29, 1.82) is 0 Å². The number of nitrogens with two attached hydrogens (primary N) is 1. The monoisotopic (exact) mass is 388 g/mol. The van der Waals surface area contributed by atoms with E-state index in [1.807, 2.05) is 6.07 Å². The van der Waals surface area contributed by atoms with E-state index in [9.17, 15) is 18.6 Å². The Hall–Kier alpha value is -3.00. The van der Waals surface area contributed by atoms with Gasteiger partial charge >= 0.3 is 5.97 Å². The number of carbonyl (C=O) groups is 3. The third-order valence-electron chi connectivity index (χ3n) is 3.79. The summed E-state index contributed by atoms with van der Waals surface area (Å²) in [6.07, 6.45) is 0.124. The summed E-state index contributed by atoms with van der Waals surface area (Å²) in [6, 6.07) is 13.7. The molecule has 0 aliphatic heterocycles. The summed E-state index contributed by atoms with van der Waals surface area (Å²) in [5.41, 5.74) is 5.76. The van der Waals surface area contributed by atoms with Gasteiger partial charge in [0, 0.05) is 16.2 Å². The summed E-state index contributed by atoms with van der Waals surface area (Å²) >= 11 is 0. The van der Waals surface area contributed by atoms with Crippen LogP contribution in [0.2, 0.25) is 0 Å². The highest BCUT2D eigenvalue weighted by atomic mass is 32.2. The smallest absolute Gasteiger partial charge is 0.337 e. The molecule has 2 rings (SSSR count). The fourth-order valence-corrected chi connectivity index (χ4v) is 3.49. The van der Waals surface area contributed by atoms with Crippen LogP contribution in [0, 0.1) is 0 Å². The Morgan fingerprint density at radius 1 is 1.07 bits per heavy atom. The Balaban J connectivity index is 2.03. The average molecular weight is 388 g/mol. The van der Waals surface area contributed by atoms with Crippen LogP contribution >= 0.6 is 0 Å². The predicted octanol–water partition coefficient (Wildman–Crippen LogP) is 1.25. The first kappa shape index (κ1) is 20.3. The Morgan fingerprint density at radius 3 is 2.37 bits per heavy atom. The molecule has 0 aliphatic carbocycles. The van der Waals surface area contributed by atoms with Crippen LogP contribution in [0.25, 0.3) is 0 Å². The normalized spacial score (nSPS) is 12.6. The van der Waals surface area contributed by atoms with E-state index < -0.39 is 34.6 Å². The summed E-state index contributed by atoms with van der Waals surface area (Å²) in [4.78, 5) is 36.3. The molecule has 0 unspecified atom stereocenters. The molecule has 7 nitrogen and oxygen atoms in total. The third-order valence-corrected chi connectivity index (χ3v) is 5.20. The topological polar surface area (TPSA) is 116 Å². The number of carbonyl (C=O) groups excluding carboxylic acids is 3. The van der Waals surface area contributed by atoms with Gasteiger partial charge in [-0.2, -0.15) is 0 Å². The summed E-state index contributed by atoms with van der Waals surface area (Å²) in [5.74, 6) is -1.69. The highest BCUT2D eigenvalue weighted by Gasteiger charge is 2.21. The molecule has 2 amide bonds. The van der Waals surface area contributed by atoms with Crippen molar-refractivity contribution in [3.8, 4) is 0 Å². The maximum atomic E-state index is 12.4. The van der Waals surface area contributed by atoms with Crippen molar-refractivity contribution in [2.45, 2.75) is 17.4 Å². The van der Waals surface area contributed by atoms with E-state index in [1.54, 1.807) is 24.3 Å². The van der Waals surface area contributed by atoms with Crippen molar-refractivity contribution in [1.82, 2.24) is 5.32 Å². The zero-order valence-electron chi connectivity index (χ0n) is 14.7. The minimum atomic E-state index is -1.31. The van der Waals surface area contributed by atoms with Crippen molar-refractivity contribution < 1.29 is 23.3 Å². The molecule has 142 valence electrons. The van der Waals surface area contributed by atoms with Crippen molar-refractivity contribution in [3.05, 3.63) is 65.7 Å². The Bertz CT molecular complexity index is 854. The van der Waals surface area contributed by atoms with Gasteiger partial charge in [0.1, 0.15) is 6.04 Å². The quantitative estimate of drug-likeness (QED) is 0.661. The summed E-state index contributed by atoms with van der Waals surface area (Å²) in [7, 11) is -0.0701. The molecule has 0 spiro atoms. The van der Waals surface area contributed by atoms with Gasteiger partial charge in [-0.15, -0.1) is 0 Å². The first-order valence-electron chi connectivity index (χ1n) is 8.14. The fraction of sp³-hybridized carbons (Fsp3) is 0.211. The molecule has 27 heavy (non-hydrogen) atoms. The standard InChI is InChI=1S/C19H20N2O5S/c1-26-19(24)14-7-5-6-13(12-14)18(23)21-16(17(20)22)10-11-27(25)15-8-3-2-4-9-15/h2-9,12,16H,10-11H2,1H3,(H2,20,22)(H,21,23)/t16-,27+/m0/s1. The number of rotatable bonds is 8. The maximum Gasteiger partial charge on any atom is 0.337 e. The van der Waals surface area contributed by atoms with Crippen LogP contribution in [0.3, 0.4) is 0 Å². The van der Waals surface area contributed by atoms with Crippen molar-refractivity contribution in [2.75, 3.05) is 12.9 Å². The largest absolute Gasteiger partial charge is 0.465 e. The van der Waals surface area contributed by atoms with Gasteiger partial charge in [-0.1, -0.05) is 24.3 Å². The Kier molecular flexibility index (Phi) is 7.25. The van der Waals surface area contributed by atoms with Gasteiger partial charge < -0.3 is 15.8 Å². The van der Waals surface area contributed by atoms with Gasteiger partial charge in [0.15, 0.2) is 0 Å². The third kappa shape index (κ3) is 5.75. The lowest BCUT2D eigenvalue weighted by molar-refractivity contribution is -0.119. The molecule has 0 aromatic heterocycles. The molecule has 0 saturated carbocycles. The first-order chi connectivity index (χ1) is 12.9. The summed E-state index contributed by atoms with van der Waals surface area (Å²) in [5, 5.41) is 2.52. The van der Waals surface area contributed by atoms with Crippen LogP contribution in [0.4, 0.5) is 0 Å². The van der Waals surface area contributed by atoms with Gasteiger partial charge in [0.25, 0.3) is 5.91 Å². The van der Waals surface area contributed by atoms with Crippen LogP contribution in [0.1, 0.15) is 27.1 Å². The number of hydrogen-bond acceptors (Lipinski definition) is 5. The summed E-state index contributed by atoms with van der Waals surface area (Å²) < 4.78 is 16.9. The molecular formula is C19H20N2O5S. The highest BCUT2D eigenvalue weighted by molar-refractivity contribution is 7.85. The van der Waals surface area contributed by atoms with Crippen molar-refractivity contribution in [3.63, 3.8) is 0 Å². The number of esters is 1. The minimum absolute atomic E-state index is 0.124. The number of amides is 2. The number of nitrogens with one attached hydrogen (secondary N) is 1. The van der Waals surface area contributed by atoms with Gasteiger partial charge in [-0.05, 0) is 36.8 Å².